The van der Waals surface area contributed by atoms with Crippen molar-refractivity contribution in [1.29, 1.82) is 0 Å². The fourth-order valence-electron chi connectivity index (χ4n) is 2.21. The average Bonchev–Trinajstić information content (AvgIpc) is 2.28. The van der Waals surface area contributed by atoms with Gasteiger partial charge in [-0.25, -0.2) is 9.97 Å². The van der Waals surface area contributed by atoms with E-state index in [0.717, 1.165) is 50.1 Å². The van der Waals surface area contributed by atoms with E-state index in [4.69, 9.17) is 4.74 Å². The molecule has 1 unspecified atom stereocenters. The molecule has 1 aromatic heterocycles. The summed E-state index contributed by atoms with van der Waals surface area (Å²) in [5, 5.41) is 3.24. The molecule has 0 bridgehead atoms. The minimum atomic E-state index is 0.303. The van der Waals surface area contributed by atoms with Gasteiger partial charge in [0.2, 0.25) is 0 Å². The van der Waals surface area contributed by atoms with Crippen LogP contribution in [0.3, 0.4) is 0 Å². The molecule has 0 aliphatic carbocycles. The summed E-state index contributed by atoms with van der Waals surface area (Å²) in [4.78, 5) is 11.4. The highest BCUT2D eigenvalue weighted by atomic mass is 16.5. The van der Waals surface area contributed by atoms with Crippen LogP contribution in [0.4, 0.5) is 5.82 Å². The summed E-state index contributed by atoms with van der Waals surface area (Å²) in [6, 6.07) is 1.98. The second-order valence-corrected chi connectivity index (χ2v) is 4.76. The Hall–Kier alpha value is -1.20. The summed E-state index contributed by atoms with van der Waals surface area (Å²) in [6.45, 7) is 10.6. The number of aromatic nitrogens is 2. The quantitative estimate of drug-likeness (QED) is 0.876. The highest BCUT2D eigenvalue weighted by Gasteiger charge is 2.17. The van der Waals surface area contributed by atoms with Crippen molar-refractivity contribution in [3.05, 3.63) is 17.6 Å². The number of morpholine rings is 1. The lowest BCUT2D eigenvalue weighted by Gasteiger charge is -2.30. The minimum absolute atomic E-state index is 0.303. The largest absolute Gasteiger partial charge is 0.376 e. The monoisotopic (exact) mass is 250 g/mol. The van der Waals surface area contributed by atoms with Gasteiger partial charge in [-0.2, -0.15) is 0 Å². The van der Waals surface area contributed by atoms with Gasteiger partial charge in [0.1, 0.15) is 11.6 Å². The van der Waals surface area contributed by atoms with Gasteiger partial charge in [-0.05, 0) is 20.8 Å². The zero-order chi connectivity index (χ0) is 13.0. The molecule has 1 fully saturated rings. The van der Waals surface area contributed by atoms with Crippen LogP contribution >= 0.6 is 0 Å². The summed E-state index contributed by atoms with van der Waals surface area (Å²) >= 11 is 0. The molecule has 0 aromatic carbocycles. The number of anilines is 1. The summed E-state index contributed by atoms with van der Waals surface area (Å²) in [7, 11) is 0. The predicted octanol–water partition coefficient (Wildman–Crippen LogP) is 1.44. The first-order valence-corrected chi connectivity index (χ1v) is 6.59. The van der Waals surface area contributed by atoms with Crippen molar-refractivity contribution in [1.82, 2.24) is 14.9 Å². The number of hydrogen-bond acceptors (Lipinski definition) is 5. The van der Waals surface area contributed by atoms with Crippen molar-refractivity contribution in [3.63, 3.8) is 0 Å². The molecule has 1 aliphatic heterocycles. The van der Waals surface area contributed by atoms with E-state index in [9.17, 15) is 0 Å². The van der Waals surface area contributed by atoms with Crippen LogP contribution in [-0.2, 0) is 11.3 Å². The van der Waals surface area contributed by atoms with E-state index in [-0.39, 0.29) is 0 Å². The van der Waals surface area contributed by atoms with Gasteiger partial charge in [-0.15, -0.1) is 0 Å². The van der Waals surface area contributed by atoms with Crippen LogP contribution < -0.4 is 5.32 Å². The Morgan fingerprint density at radius 3 is 3.06 bits per heavy atom. The first-order valence-electron chi connectivity index (χ1n) is 6.59. The normalized spacial score (nSPS) is 20.9. The Morgan fingerprint density at radius 2 is 2.33 bits per heavy atom. The van der Waals surface area contributed by atoms with Gasteiger partial charge in [0, 0.05) is 31.4 Å². The number of hydrogen-bond donors (Lipinski definition) is 1. The molecule has 1 saturated heterocycles. The average molecular weight is 250 g/mol. The first kappa shape index (κ1) is 13.2. The maximum atomic E-state index is 5.54. The molecule has 0 amide bonds. The molecule has 5 heteroatoms. The number of rotatable bonds is 4. The van der Waals surface area contributed by atoms with Crippen molar-refractivity contribution >= 4 is 5.82 Å². The topological polar surface area (TPSA) is 50.3 Å². The Bertz CT molecular complexity index is 397. The van der Waals surface area contributed by atoms with E-state index in [1.54, 1.807) is 0 Å². The number of nitrogens with one attached hydrogen (secondary N) is 1. The Balaban J connectivity index is 2.03. The van der Waals surface area contributed by atoms with E-state index < -0.39 is 0 Å². The molecule has 2 heterocycles. The Labute approximate surface area is 109 Å². The molecule has 1 aromatic rings. The van der Waals surface area contributed by atoms with E-state index >= 15 is 0 Å². The highest BCUT2D eigenvalue weighted by Crippen LogP contribution is 2.11. The molecule has 0 saturated carbocycles. The van der Waals surface area contributed by atoms with Crippen LogP contribution in [0.1, 0.15) is 25.4 Å². The van der Waals surface area contributed by atoms with Crippen LogP contribution in [0.15, 0.2) is 6.07 Å². The zero-order valence-electron chi connectivity index (χ0n) is 11.4. The van der Waals surface area contributed by atoms with Crippen molar-refractivity contribution in [2.24, 2.45) is 0 Å². The predicted molar refractivity (Wildman–Crippen MR) is 71.6 cm³/mol. The van der Waals surface area contributed by atoms with E-state index in [1.807, 2.05) is 13.0 Å². The maximum Gasteiger partial charge on any atom is 0.144 e. The Kier molecular flexibility index (Phi) is 4.49. The highest BCUT2D eigenvalue weighted by molar-refractivity contribution is 5.35. The first-order chi connectivity index (χ1) is 8.67. The summed E-state index contributed by atoms with van der Waals surface area (Å²) in [5.74, 6) is 1.81. The fourth-order valence-corrected chi connectivity index (χ4v) is 2.21. The second-order valence-electron chi connectivity index (χ2n) is 4.76. The van der Waals surface area contributed by atoms with Gasteiger partial charge >= 0.3 is 0 Å². The van der Waals surface area contributed by atoms with Crippen molar-refractivity contribution < 1.29 is 4.74 Å². The third-order valence-corrected chi connectivity index (χ3v) is 2.95. The SMILES string of the molecule is CCNc1cc(C)nc(CN2CCOC(C)C2)n1. The molecule has 18 heavy (non-hydrogen) atoms. The molecule has 2 rings (SSSR count). The van der Waals surface area contributed by atoms with Gasteiger partial charge in [-0.3, -0.25) is 4.90 Å². The van der Waals surface area contributed by atoms with Crippen LogP contribution in [0.25, 0.3) is 0 Å². The molecule has 5 nitrogen and oxygen atoms in total. The van der Waals surface area contributed by atoms with Gasteiger partial charge in [0.15, 0.2) is 0 Å². The van der Waals surface area contributed by atoms with Gasteiger partial charge in [0.05, 0.1) is 19.3 Å². The van der Waals surface area contributed by atoms with Gasteiger partial charge in [0.25, 0.3) is 0 Å². The van der Waals surface area contributed by atoms with Gasteiger partial charge < -0.3 is 10.1 Å². The van der Waals surface area contributed by atoms with Crippen LogP contribution in [-0.4, -0.2) is 47.2 Å². The number of aryl methyl sites for hydroxylation is 1. The van der Waals surface area contributed by atoms with E-state index in [1.165, 1.54) is 0 Å². The standard InChI is InChI=1S/C13H22N4O/c1-4-14-12-7-10(2)15-13(16-12)9-17-5-6-18-11(3)8-17/h7,11H,4-6,8-9H2,1-3H3,(H,14,15,16). The second kappa shape index (κ2) is 6.11. The van der Waals surface area contributed by atoms with Crippen molar-refractivity contribution in [2.45, 2.75) is 33.4 Å². The lowest BCUT2D eigenvalue weighted by Crippen LogP contribution is -2.40. The summed E-state index contributed by atoms with van der Waals surface area (Å²) < 4.78 is 5.54. The smallest absolute Gasteiger partial charge is 0.144 e. The third-order valence-electron chi connectivity index (χ3n) is 2.95. The maximum absolute atomic E-state index is 5.54. The summed E-state index contributed by atoms with van der Waals surface area (Å²) in [5.41, 5.74) is 1.01. The zero-order valence-corrected chi connectivity index (χ0v) is 11.4. The van der Waals surface area contributed by atoms with Gasteiger partial charge in [-0.1, -0.05) is 0 Å². The van der Waals surface area contributed by atoms with Crippen LogP contribution in [0, 0.1) is 6.92 Å². The van der Waals surface area contributed by atoms with E-state index in [2.05, 4.69) is 34.0 Å². The molecule has 0 radical (unpaired) electrons. The molecule has 100 valence electrons. The molecule has 1 N–H and O–H groups in total. The number of ether oxygens (including phenoxy) is 1. The van der Waals surface area contributed by atoms with Crippen LogP contribution in [0.5, 0.6) is 0 Å². The number of nitrogens with zero attached hydrogens (tertiary/aromatic N) is 3. The third kappa shape index (κ3) is 3.65. The molecular weight excluding hydrogens is 228 g/mol. The van der Waals surface area contributed by atoms with E-state index in [0.29, 0.717) is 6.10 Å². The molecule has 1 atom stereocenters. The minimum Gasteiger partial charge on any atom is -0.376 e. The molecular formula is C13H22N4O. The molecule has 1 aliphatic rings. The van der Waals surface area contributed by atoms with Crippen molar-refractivity contribution in [3.8, 4) is 0 Å². The molecule has 0 spiro atoms. The fraction of sp³-hybridized carbons (Fsp3) is 0.692. The Morgan fingerprint density at radius 1 is 1.50 bits per heavy atom. The van der Waals surface area contributed by atoms with Crippen LogP contribution in [0.2, 0.25) is 0 Å². The lowest BCUT2D eigenvalue weighted by atomic mass is 10.3. The summed E-state index contributed by atoms with van der Waals surface area (Å²) in [6.07, 6.45) is 0.303. The van der Waals surface area contributed by atoms with Crippen molar-refractivity contribution in [2.75, 3.05) is 31.6 Å². The lowest BCUT2D eigenvalue weighted by molar-refractivity contribution is -0.0220.